The van der Waals surface area contributed by atoms with Crippen LogP contribution in [0.2, 0.25) is 0 Å². The summed E-state index contributed by atoms with van der Waals surface area (Å²) in [7, 11) is 0. The highest BCUT2D eigenvalue weighted by Gasteiger charge is 2.22. The highest BCUT2D eigenvalue weighted by atomic mass is 16.5. The van der Waals surface area contributed by atoms with Crippen molar-refractivity contribution >= 4 is 5.97 Å². The van der Waals surface area contributed by atoms with Crippen molar-refractivity contribution < 1.29 is 9.53 Å². The van der Waals surface area contributed by atoms with Gasteiger partial charge in [0.05, 0.1) is 12.0 Å². The normalized spacial score (nSPS) is 19.6. The molecule has 0 aromatic heterocycles. The molecule has 0 spiro atoms. The monoisotopic (exact) mass is 169 g/mol. The molecule has 0 atom stereocenters. The third-order valence-electron chi connectivity index (χ3n) is 2.12. The van der Waals surface area contributed by atoms with Crippen LogP contribution in [0.5, 0.6) is 0 Å². The summed E-state index contributed by atoms with van der Waals surface area (Å²) in [4.78, 5) is 11.4. The Hall–Kier alpha value is -0.530. The maximum Gasteiger partial charge on any atom is 0.309 e. The quantitative estimate of drug-likeness (QED) is 0.593. The second-order valence-electron chi connectivity index (χ2n) is 3.63. The van der Waals surface area contributed by atoms with Crippen molar-refractivity contribution in [1.82, 2.24) is 0 Å². The van der Waals surface area contributed by atoms with Gasteiger partial charge < -0.3 is 4.74 Å². The van der Waals surface area contributed by atoms with Gasteiger partial charge in [0.15, 0.2) is 0 Å². The Bertz CT molecular complexity index is 146. The van der Waals surface area contributed by atoms with Crippen LogP contribution in [0.3, 0.4) is 0 Å². The van der Waals surface area contributed by atoms with Crippen LogP contribution in [-0.4, -0.2) is 12.1 Å². The molecule has 1 rings (SSSR count). The largest absolute Gasteiger partial charge is 0.463 e. The second-order valence-corrected chi connectivity index (χ2v) is 3.63. The number of hydrogen-bond acceptors (Lipinski definition) is 2. The lowest BCUT2D eigenvalue weighted by Gasteiger charge is -2.20. The number of ether oxygens (including phenoxy) is 1. The van der Waals surface area contributed by atoms with Gasteiger partial charge in [-0.15, -0.1) is 0 Å². The highest BCUT2D eigenvalue weighted by Crippen LogP contribution is 2.24. The van der Waals surface area contributed by atoms with Crippen LogP contribution < -0.4 is 0 Å². The minimum atomic E-state index is -0.00176. The van der Waals surface area contributed by atoms with E-state index in [9.17, 15) is 4.79 Å². The van der Waals surface area contributed by atoms with Gasteiger partial charge >= 0.3 is 5.97 Å². The lowest BCUT2D eigenvalue weighted by Crippen LogP contribution is -2.23. The van der Waals surface area contributed by atoms with Gasteiger partial charge in [-0.2, -0.15) is 0 Å². The first-order valence-electron chi connectivity index (χ1n) is 4.72. The predicted molar refractivity (Wildman–Crippen MR) is 47.5 cm³/mol. The molecule has 0 bridgehead atoms. The van der Waals surface area contributed by atoms with Crippen LogP contribution in [0.1, 0.15) is 39.5 Å². The van der Waals surface area contributed by atoms with Gasteiger partial charge in [-0.1, -0.05) is 0 Å². The second kappa shape index (κ2) is 4.48. The highest BCUT2D eigenvalue weighted by molar-refractivity contribution is 5.72. The third-order valence-corrected chi connectivity index (χ3v) is 2.12. The summed E-state index contributed by atoms with van der Waals surface area (Å²) in [6, 6.07) is 0. The molecule has 1 fully saturated rings. The van der Waals surface area contributed by atoms with Gasteiger partial charge in [-0.3, -0.25) is 4.79 Å². The molecule has 0 N–H and O–H groups in total. The Morgan fingerprint density at radius 2 is 2.00 bits per heavy atom. The Morgan fingerprint density at radius 1 is 1.42 bits per heavy atom. The Morgan fingerprint density at radius 3 is 2.50 bits per heavy atom. The zero-order chi connectivity index (χ0) is 8.97. The fraction of sp³-hybridized carbons (Fsp3) is 0.800. The summed E-state index contributed by atoms with van der Waals surface area (Å²) in [5.74, 6) is 0.162. The fourth-order valence-electron chi connectivity index (χ4n) is 1.49. The maximum absolute atomic E-state index is 11.4. The summed E-state index contributed by atoms with van der Waals surface area (Å²) < 4.78 is 5.14. The number of rotatable bonds is 2. The van der Waals surface area contributed by atoms with Gasteiger partial charge in [-0.25, -0.2) is 0 Å². The maximum atomic E-state index is 11.4. The number of hydrogen-bond donors (Lipinski definition) is 0. The minimum absolute atomic E-state index is 0.00176. The molecule has 12 heavy (non-hydrogen) atoms. The van der Waals surface area contributed by atoms with E-state index in [-0.39, 0.29) is 18.0 Å². The fourth-order valence-corrected chi connectivity index (χ4v) is 1.49. The summed E-state index contributed by atoms with van der Waals surface area (Å²) in [5.41, 5.74) is 0. The molecule has 0 aromatic carbocycles. The molecular formula is C10H17O2. The molecule has 2 heteroatoms. The standard InChI is InChI=1S/C10H17O2/c1-8(2)12-10(11)9-6-4-3-5-7-9/h3,8-9H,4-7H2,1-2H3. The molecule has 69 valence electrons. The topological polar surface area (TPSA) is 26.3 Å². The van der Waals surface area contributed by atoms with Crippen molar-refractivity contribution in [3.8, 4) is 0 Å². The number of esters is 1. The van der Waals surface area contributed by atoms with Gasteiger partial charge in [0.2, 0.25) is 0 Å². The molecule has 1 saturated carbocycles. The average molecular weight is 169 g/mol. The third kappa shape index (κ3) is 2.84. The Kier molecular flexibility index (Phi) is 3.57. The predicted octanol–water partition coefficient (Wildman–Crippen LogP) is 2.33. The molecule has 0 aliphatic heterocycles. The van der Waals surface area contributed by atoms with Crippen LogP contribution in [0, 0.1) is 12.3 Å². The van der Waals surface area contributed by atoms with Crippen LogP contribution in [0.4, 0.5) is 0 Å². The summed E-state index contributed by atoms with van der Waals surface area (Å²) in [6.45, 7) is 3.79. The Balaban J connectivity index is 2.30. The average Bonchev–Trinajstić information content (AvgIpc) is 2.05. The SMILES string of the molecule is CC(C)OC(=O)C1CC[CH]CC1. The van der Waals surface area contributed by atoms with E-state index >= 15 is 0 Å². The molecular weight excluding hydrogens is 152 g/mol. The van der Waals surface area contributed by atoms with E-state index in [2.05, 4.69) is 6.42 Å². The van der Waals surface area contributed by atoms with Crippen LogP contribution in [0.25, 0.3) is 0 Å². The van der Waals surface area contributed by atoms with E-state index in [1.54, 1.807) is 0 Å². The lowest BCUT2D eigenvalue weighted by atomic mass is 9.89. The lowest BCUT2D eigenvalue weighted by molar-refractivity contribution is -0.153. The molecule has 1 aliphatic rings. The zero-order valence-electron chi connectivity index (χ0n) is 7.88. The van der Waals surface area contributed by atoms with Crippen molar-refractivity contribution in [2.75, 3.05) is 0 Å². The van der Waals surface area contributed by atoms with Crippen molar-refractivity contribution in [1.29, 1.82) is 0 Å². The molecule has 0 amide bonds. The van der Waals surface area contributed by atoms with Crippen molar-refractivity contribution in [2.24, 2.45) is 5.92 Å². The molecule has 1 radical (unpaired) electrons. The first-order chi connectivity index (χ1) is 5.70. The van der Waals surface area contributed by atoms with Crippen molar-refractivity contribution in [3.05, 3.63) is 6.42 Å². The molecule has 0 aromatic rings. The van der Waals surface area contributed by atoms with E-state index in [0.717, 1.165) is 25.7 Å². The summed E-state index contributed by atoms with van der Waals surface area (Å²) in [6.07, 6.45) is 6.37. The smallest absolute Gasteiger partial charge is 0.309 e. The van der Waals surface area contributed by atoms with E-state index in [1.807, 2.05) is 13.8 Å². The van der Waals surface area contributed by atoms with Crippen molar-refractivity contribution in [3.63, 3.8) is 0 Å². The van der Waals surface area contributed by atoms with Crippen LogP contribution in [-0.2, 0) is 9.53 Å². The first-order valence-corrected chi connectivity index (χ1v) is 4.72. The Labute approximate surface area is 74.3 Å². The first kappa shape index (κ1) is 9.56. The van der Waals surface area contributed by atoms with Gasteiger partial charge in [0.25, 0.3) is 0 Å². The van der Waals surface area contributed by atoms with Gasteiger partial charge in [-0.05, 0) is 46.0 Å². The molecule has 0 saturated heterocycles. The minimum Gasteiger partial charge on any atom is -0.463 e. The van der Waals surface area contributed by atoms with Crippen molar-refractivity contribution in [2.45, 2.75) is 45.6 Å². The van der Waals surface area contributed by atoms with E-state index < -0.39 is 0 Å². The zero-order valence-corrected chi connectivity index (χ0v) is 7.88. The van der Waals surface area contributed by atoms with E-state index in [1.165, 1.54) is 0 Å². The van der Waals surface area contributed by atoms with E-state index in [0.29, 0.717) is 0 Å². The van der Waals surface area contributed by atoms with Crippen LogP contribution in [0.15, 0.2) is 0 Å². The van der Waals surface area contributed by atoms with Gasteiger partial charge in [0, 0.05) is 0 Å². The summed E-state index contributed by atoms with van der Waals surface area (Å²) in [5, 5.41) is 0. The van der Waals surface area contributed by atoms with Crippen LogP contribution >= 0.6 is 0 Å². The summed E-state index contributed by atoms with van der Waals surface area (Å²) >= 11 is 0. The number of carbonyl (C=O) groups excluding carboxylic acids is 1. The molecule has 0 unspecified atom stereocenters. The molecule has 0 heterocycles. The van der Waals surface area contributed by atoms with Gasteiger partial charge in [0.1, 0.15) is 0 Å². The van der Waals surface area contributed by atoms with E-state index in [4.69, 9.17) is 4.74 Å². The molecule has 1 aliphatic carbocycles. The number of carbonyl (C=O) groups is 1. The molecule has 2 nitrogen and oxygen atoms in total.